The summed E-state index contributed by atoms with van der Waals surface area (Å²) in [6.45, 7) is 13.6. The highest BCUT2D eigenvalue weighted by atomic mass is 32.2. The van der Waals surface area contributed by atoms with Crippen LogP contribution in [0.4, 0.5) is 0 Å². The van der Waals surface area contributed by atoms with Gasteiger partial charge >= 0.3 is 0 Å². The van der Waals surface area contributed by atoms with Crippen LogP contribution in [0.3, 0.4) is 0 Å². The van der Waals surface area contributed by atoms with E-state index < -0.39 is 0 Å². The summed E-state index contributed by atoms with van der Waals surface area (Å²) in [5.41, 5.74) is 4.68. The SMILES string of the molecule is CCCC[S+](CCCC)CC(CC=C(C)C)=C(C)C. The molecule has 0 aliphatic carbocycles. The van der Waals surface area contributed by atoms with Gasteiger partial charge in [0.1, 0.15) is 17.3 Å². The van der Waals surface area contributed by atoms with Crippen molar-refractivity contribution in [2.75, 3.05) is 17.3 Å². The first-order chi connectivity index (χ1) is 9.01. The average Bonchev–Trinajstić information content (AvgIpc) is 2.36. The Morgan fingerprint density at radius 3 is 1.79 bits per heavy atom. The summed E-state index contributed by atoms with van der Waals surface area (Å²) in [7, 11) is 0.623. The van der Waals surface area contributed by atoms with Gasteiger partial charge in [0, 0.05) is 0 Å². The standard InChI is InChI=1S/C18H35S/c1-7-9-13-19(14-10-8-2)15-18(17(5)6)12-11-16(3)4/h11H,7-10,12-15H2,1-6H3/q+1. The van der Waals surface area contributed by atoms with Crippen molar-refractivity contribution in [3.05, 3.63) is 22.8 Å². The fourth-order valence-electron chi connectivity index (χ4n) is 1.92. The summed E-state index contributed by atoms with van der Waals surface area (Å²) in [6, 6.07) is 0. The van der Waals surface area contributed by atoms with Crippen molar-refractivity contribution >= 4 is 10.9 Å². The molecule has 1 heteroatoms. The fourth-order valence-corrected chi connectivity index (χ4v) is 4.71. The van der Waals surface area contributed by atoms with E-state index in [0.717, 1.165) is 0 Å². The van der Waals surface area contributed by atoms with Gasteiger partial charge in [0.15, 0.2) is 0 Å². The molecule has 0 fully saturated rings. The molecule has 0 bridgehead atoms. The van der Waals surface area contributed by atoms with Crippen LogP contribution in [-0.2, 0) is 10.9 Å². The van der Waals surface area contributed by atoms with Crippen molar-refractivity contribution in [3.8, 4) is 0 Å². The minimum absolute atomic E-state index is 0.623. The van der Waals surface area contributed by atoms with Crippen molar-refractivity contribution in [2.24, 2.45) is 0 Å². The molecule has 0 unspecified atom stereocenters. The van der Waals surface area contributed by atoms with E-state index in [1.54, 1.807) is 11.1 Å². The molecular formula is C18H35S+. The largest absolute Gasteiger partial charge is 0.129 e. The van der Waals surface area contributed by atoms with Gasteiger partial charge in [0.2, 0.25) is 0 Å². The lowest BCUT2D eigenvalue weighted by Crippen LogP contribution is -2.18. The highest BCUT2D eigenvalue weighted by Crippen LogP contribution is 2.17. The van der Waals surface area contributed by atoms with Crippen molar-refractivity contribution in [1.29, 1.82) is 0 Å². The van der Waals surface area contributed by atoms with E-state index in [0.29, 0.717) is 10.9 Å². The summed E-state index contributed by atoms with van der Waals surface area (Å²) in [5.74, 6) is 4.25. The van der Waals surface area contributed by atoms with Crippen LogP contribution >= 0.6 is 0 Å². The van der Waals surface area contributed by atoms with E-state index in [9.17, 15) is 0 Å². The third kappa shape index (κ3) is 10.3. The van der Waals surface area contributed by atoms with Gasteiger partial charge in [0.25, 0.3) is 0 Å². The van der Waals surface area contributed by atoms with E-state index in [1.807, 2.05) is 0 Å². The summed E-state index contributed by atoms with van der Waals surface area (Å²) in [6.07, 6.45) is 9.06. The van der Waals surface area contributed by atoms with E-state index in [-0.39, 0.29) is 0 Å². The van der Waals surface area contributed by atoms with Gasteiger partial charge in [-0.2, -0.15) is 0 Å². The van der Waals surface area contributed by atoms with Gasteiger partial charge in [-0.3, -0.25) is 0 Å². The Kier molecular flexibility index (Phi) is 11.5. The maximum absolute atomic E-state index is 2.39. The van der Waals surface area contributed by atoms with Crippen molar-refractivity contribution in [1.82, 2.24) is 0 Å². The highest BCUT2D eigenvalue weighted by molar-refractivity contribution is 7.97. The van der Waals surface area contributed by atoms with Crippen molar-refractivity contribution < 1.29 is 0 Å². The topological polar surface area (TPSA) is 0 Å². The van der Waals surface area contributed by atoms with Crippen LogP contribution in [0, 0.1) is 0 Å². The Morgan fingerprint density at radius 2 is 1.42 bits per heavy atom. The Labute approximate surface area is 125 Å². The first kappa shape index (κ1) is 18.8. The third-order valence-corrected chi connectivity index (χ3v) is 5.90. The Morgan fingerprint density at radius 1 is 0.895 bits per heavy atom. The molecule has 112 valence electrons. The number of allylic oxidation sites excluding steroid dienone is 3. The van der Waals surface area contributed by atoms with E-state index in [4.69, 9.17) is 0 Å². The van der Waals surface area contributed by atoms with E-state index in [2.05, 4.69) is 47.6 Å². The summed E-state index contributed by atoms with van der Waals surface area (Å²) in [5, 5.41) is 0. The first-order valence-electron chi connectivity index (χ1n) is 7.93. The molecule has 0 aliphatic heterocycles. The van der Waals surface area contributed by atoms with Crippen LogP contribution in [-0.4, -0.2) is 17.3 Å². The van der Waals surface area contributed by atoms with Crippen LogP contribution < -0.4 is 0 Å². The monoisotopic (exact) mass is 283 g/mol. The molecule has 0 rings (SSSR count). The second kappa shape index (κ2) is 11.6. The molecule has 0 heterocycles. The second-order valence-corrected chi connectivity index (χ2v) is 8.29. The van der Waals surface area contributed by atoms with Crippen LogP contribution in [0.1, 0.15) is 73.6 Å². The maximum Gasteiger partial charge on any atom is 0.129 e. The van der Waals surface area contributed by atoms with E-state index >= 15 is 0 Å². The van der Waals surface area contributed by atoms with E-state index in [1.165, 1.54) is 54.9 Å². The lowest BCUT2D eigenvalue weighted by molar-refractivity contribution is 0.871. The molecule has 0 aromatic rings. The van der Waals surface area contributed by atoms with Crippen molar-refractivity contribution in [2.45, 2.75) is 73.6 Å². The third-order valence-electron chi connectivity index (χ3n) is 3.42. The van der Waals surface area contributed by atoms with Crippen LogP contribution in [0.5, 0.6) is 0 Å². The van der Waals surface area contributed by atoms with Gasteiger partial charge in [-0.25, -0.2) is 0 Å². The number of rotatable bonds is 10. The maximum atomic E-state index is 2.39. The molecular weight excluding hydrogens is 248 g/mol. The second-order valence-electron chi connectivity index (χ2n) is 5.96. The molecule has 19 heavy (non-hydrogen) atoms. The molecule has 0 aromatic carbocycles. The summed E-state index contributed by atoms with van der Waals surface area (Å²) in [4.78, 5) is 0. The fraction of sp³-hybridized carbons (Fsp3) is 0.778. The van der Waals surface area contributed by atoms with Gasteiger partial charge in [-0.1, -0.05) is 43.9 Å². The molecule has 0 N–H and O–H groups in total. The van der Waals surface area contributed by atoms with Crippen LogP contribution in [0.25, 0.3) is 0 Å². The number of hydrogen-bond donors (Lipinski definition) is 0. The zero-order valence-electron chi connectivity index (χ0n) is 14.1. The number of hydrogen-bond acceptors (Lipinski definition) is 0. The Hall–Kier alpha value is -0.170. The van der Waals surface area contributed by atoms with Crippen LogP contribution in [0.2, 0.25) is 0 Å². The van der Waals surface area contributed by atoms with Crippen LogP contribution in [0.15, 0.2) is 22.8 Å². The zero-order chi connectivity index (χ0) is 14.7. The van der Waals surface area contributed by atoms with Gasteiger partial charge in [-0.15, -0.1) is 0 Å². The molecule has 0 saturated heterocycles. The molecule has 0 nitrogen and oxygen atoms in total. The normalized spacial score (nSPS) is 10.7. The highest BCUT2D eigenvalue weighted by Gasteiger charge is 2.19. The minimum atomic E-state index is 0.623. The molecule has 0 radical (unpaired) electrons. The lowest BCUT2D eigenvalue weighted by atomic mass is 10.1. The molecule has 0 atom stereocenters. The zero-order valence-corrected chi connectivity index (χ0v) is 15.0. The quantitative estimate of drug-likeness (QED) is 0.346. The Bertz CT molecular complexity index is 270. The van der Waals surface area contributed by atoms with Crippen molar-refractivity contribution in [3.63, 3.8) is 0 Å². The molecule has 0 spiro atoms. The Balaban J connectivity index is 4.55. The first-order valence-corrected chi connectivity index (χ1v) is 9.67. The predicted octanol–water partition coefficient (Wildman–Crippen LogP) is 5.90. The molecule has 0 saturated carbocycles. The molecule has 0 amide bonds. The average molecular weight is 284 g/mol. The number of unbranched alkanes of at least 4 members (excludes halogenated alkanes) is 2. The summed E-state index contributed by atoms with van der Waals surface area (Å²) >= 11 is 0. The smallest absolute Gasteiger partial charge is 0.0816 e. The minimum Gasteiger partial charge on any atom is -0.0816 e. The van der Waals surface area contributed by atoms with Gasteiger partial charge < -0.3 is 0 Å². The lowest BCUT2D eigenvalue weighted by Gasteiger charge is -2.12. The summed E-state index contributed by atoms with van der Waals surface area (Å²) < 4.78 is 0. The molecule has 0 aliphatic rings. The predicted molar refractivity (Wildman–Crippen MR) is 94.2 cm³/mol. The van der Waals surface area contributed by atoms with Gasteiger partial charge in [-0.05, 0) is 63.4 Å². The van der Waals surface area contributed by atoms with Gasteiger partial charge in [0.05, 0.1) is 0 Å². The molecule has 0 aromatic heterocycles.